The summed E-state index contributed by atoms with van der Waals surface area (Å²) in [5, 5.41) is 0. The van der Waals surface area contributed by atoms with Gasteiger partial charge in [-0.25, -0.2) is 0 Å². The Hall–Kier alpha value is 3.25. The Kier molecular flexibility index (Phi) is 109. The zero-order valence-electron chi connectivity index (χ0n) is 3.72. The van der Waals surface area contributed by atoms with Gasteiger partial charge in [-0.05, 0) is 0 Å². The molecule has 0 rings (SSSR count). The van der Waals surface area contributed by atoms with E-state index in [9.17, 15) is 0 Å². The van der Waals surface area contributed by atoms with Gasteiger partial charge in [-0.3, -0.25) is 0 Å². The minimum atomic E-state index is 0. The summed E-state index contributed by atoms with van der Waals surface area (Å²) >= 11 is 0. The second-order valence-electron chi connectivity index (χ2n) is 0. The second kappa shape index (κ2) is 16.3. The van der Waals surface area contributed by atoms with Crippen molar-refractivity contribution in [3.05, 3.63) is 0 Å². The van der Waals surface area contributed by atoms with Crippen molar-refractivity contribution in [2.45, 2.75) is 0 Å². The Bertz CT molecular complexity index is 13.5. The molecule has 1 radical (unpaired) electrons. The van der Waals surface area contributed by atoms with Crippen LogP contribution in [0.4, 0.5) is 0 Å². The van der Waals surface area contributed by atoms with Gasteiger partial charge < -0.3 is 2.85 Å². The molecule has 0 amide bonds. The molecule has 0 atom stereocenters. The Morgan fingerprint density at radius 3 is 1.25 bits per heavy atom. The van der Waals surface area contributed by atoms with Crippen molar-refractivity contribution < 1.29 is 39.4 Å². The molecule has 0 aromatic carbocycles. The van der Waals surface area contributed by atoms with E-state index in [0.717, 1.165) is 0 Å². The molecule has 0 N–H and O–H groups in total. The van der Waals surface area contributed by atoms with E-state index in [0.29, 0.717) is 0 Å². The van der Waals surface area contributed by atoms with Crippen LogP contribution in [0.1, 0.15) is 2.85 Å². The van der Waals surface area contributed by atoms with Crippen LogP contribution in [-0.2, 0) is 36.5 Å². The van der Waals surface area contributed by atoms with Crippen molar-refractivity contribution in [3.63, 3.8) is 0 Å². The Labute approximate surface area is 103 Å². The van der Waals surface area contributed by atoms with E-state index >= 15 is 0 Å². The van der Waals surface area contributed by atoms with Crippen LogP contribution in [0.15, 0.2) is 0 Å². The molecule has 0 spiro atoms. The van der Waals surface area contributed by atoms with Crippen LogP contribution in [0.5, 0.6) is 0 Å². The molecule has 0 saturated heterocycles. The predicted octanol–water partition coefficient (Wildman–Crippen LogP) is -1.34. The van der Waals surface area contributed by atoms with E-state index in [2.05, 4.69) is 0 Å². The maximum absolute atomic E-state index is 0. The largest absolute Gasteiger partial charge is 2.00 e. The summed E-state index contributed by atoms with van der Waals surface area (Å²) in [5.41, 5.74) is 0. The molecule has 0 saturated carbocycles. The summed E-state index contributed by atoms with van der Waals surface area (Å²) in [5.74, 6) is 0. The SMILES string of the molecule is [AlH3].[Ba+2].[Cu].[H-].[H-].[Zn]. The van der Waals surface area contributed by atoms with Crippen molar-refractivity contribution in [1.82, 2.24) is 0 Å². The van der Waals surface area contributed by atoms with Gasteiger partial charge in [0.15, 0.2) is 17.4 Å². The van der Waals surface area contributed by atoms with Gasteiger partial charge in [0.2, 0.25) is 0 Å². The number of rotatable bonds is 0. The third-order valence-corrected chi connectivity index (χ3v) is 0. The van der Waals surface area contributed by atoms with Crippen molar-refractivity contribution in [1.29, 1.82) is 0 Å². The van der Waals surface area contributed by atoms with Crippen LogP contribution in [-0.4, -0.2) is 66.2 Å². The first-order valence-electron chi connectivity index (χ1n) is 0. The van der Waals surface area contributed by atoms with Crippen molar-refractivity contribution in [2.24, 2.45) is 0 Å². The zero-order chi connectivity index (χ0) is 0. The summed E-state index contributed by atoms with van der Waals surface area (Å²) in [6.07, 6.45) is 0. The van der Waals surface area contributed by atoms with Crippen LogP contribution in [0.3, 0.4) is 0 Å². The second-order valence-corrected chi connectivity index (χ2v) is 0. The molecule has 0 unspecified atom stereocenters. The van der Waals surface area contributed by atoms with E-state index in [1.807, 2.05) is 0 Å². The molecule has 0 aromatic rings. The molecule has 4 heavy (non-hydrogen) atoms. The summed E-state index contributed by atoms with van der Waals surface area (Å²) < 4.78 is 0. The van der Waals surface area contributed by atoms with E-state index in [1.54, 1.807) is 0 Å². The maximum atomic E-state index is 0. The van der Waals surface area contributed by atoms with E-state index < -0.39 is 0 Å². The summed E-state index contributed by atoms with van der Waals surface area (Å²) in [6.45, 7) is 0. The van der Waals surface area contributed by atoms with Gasteiger partial charge in [0.1, 0.15) is 0 Å². The van der Waals surface area contributed by atoms with Gasteiger partial charge >= 0.3 is 48.9 Å². The monoisotopic (exact) mass is 297 g/mol. The molecular weight excluding hydrogens is 293 g/mol. The molecular formula is H5AlBaCuZn. The average molecular weight is 298 g/mol. The summed E-state index contributed by atoms with van der Waals surface area (Å²) in [7, 11) is 0. The zero-order valence-corrected chi connectivity index (χ0v) is 10.1. The van der Waals surface area contributed by atoms with Crippen LogP contribution in [0, 0.1) is 0 Å². The molecule has 0 aliphatic heterocycles. The van der Waals surface area contributed by atoms with Crippen LogP contribution in [0.25, 0.3) is 0 Å². The van der Waals surface area contributed by atoms with Gasteiger partial charge in [0, 0.05) is 36.5 Å². The fourth-order valence-electron chi connectivity index (χ4n) is 0. The minimum Gasteiger partial charge on any atom is -1.00 e. The van der Waals surface area contributed by atoms with Gasteiger partial charge in [-0.1, -0.05) is 0 Å². The Morgan fingerprint density at radius 1 is 1.25 bits per heavy atom. The summed E-state index contributed by atoms with van der Waals surface area (Å²) in [4.78, 5) is 0. The van der Waals surface area contributed by atoms with E-state index in [1.165, 1.54) is 0 Å². The first-order chi connectivity index (χ1) is 0. The maximum Gasteiger partial charge on any atom is 2.00 e. The average Bonchev–Trinajstić information content (AvgIpc) is 0. The Balaban J connectivity index is 0. The topological polar surface area (TPSA) is 0 Å². The third-order valence-electron chi connectivity index (χ3n) is 0. The molecule has 0 aromatic heterocycles. The molecule has 4 heteroatoms. The van der Waals surface area contributed by atoms with Gasteiger partial charge in [-0.2, -0.15) is 0 Å². The van der Waals surface area contributed by atoms with Crippen molar-refractivity contribution >= 4 is 66.2 Å². The van der Waals surface area contributed by atoms with Crippen LogP contribution in [0.2, 0.25) is 0 Å². The molecule has 0 aliphatic rings. The first-order valence-corrected chi connectivity index (χ1v) is 0. The fourth-order valence-corrected chi connectivity index (χ4v) is 0. The molecule has 0 aliphatic carbocycles. The quantitative estimate of drug-likeness (QED) is 0.486. The van der Waals surface area contributed by atoms with Crippen molar-refractivity contribution in [2.75, 3.05) is 0 Å². The number of hydrogen-bond acceptors (Lipinski definition) is 0. The molecule has 0 heterocycles. The molecule has 23 valence electrons. The van der Waals surface area contributed by atoms with Gasteiger partial charge in [0.05, 0.1) is 0 Å². The molecule has 0 nitrogen and oxygen atoms in total. The summed E-state index contributed by atoms with van der Waals surface area (Å²) in [6, 6.07) is 0. The Morgan fingerprint density at radius 2 is 1.25 bits per heavy atom. The smallest absolute Gasteiger partial charge is 1.00 e. The standard InChI is InChI=1S/Al.Ba.Cu.Zn.5H/q;+2;;;;;;2*-1. The molecule has 0 fully saturated rings. The van der Waals surface area contributed by atoms with Crippen molar-refractivity contribution in [3.8, 4) is 0 Å². The minimum absolute atomic E-state index is 0. The third kappa shape index (κ3) is 8.98. The van der Waals surface area contributed by atoms with Gasteiger partial charge in [-0.15, -0.1) is 0 Å². The normalized spacial score (nSPS) is 0. The number of hydrogen-bond donors (Lipinski definition) is 0. The fraction of sp³-hybridized carbons (Fsp3) is 0. The van der Waals surface area contributed by atoms with Gasteiger partial charge in [0.25, 0.3) is 0 Å². The van der Waals surface area contributed by atoms with E-state index in [-0.39, 0.29) is 106 Å². The van der Waals surface area contributed by atoms with Crippen LogP contribution >= 0.6 is 0 Å². The molecule has 0 bridgehead atoms. The van der Waals surface area contributed by atoms with E-state index in [4.69, 9.17) is 0 Å². The van der Waals surface area contributed by atoms with Crippen LogP contribution < -0.4 is 0 Å². The predicted molar refractivity (Wildman–Crippen MR) is 17.9 cm³/mol. The first kappa shape index (κ1) is 26.8.